The third-order valence-corrected chi connectivity index (χ3v) is 1.13. The summed E-state index contributed by atoms with van der Waals surface area (Å²) >= 11 is 0. The predicted octanol–water partition coefficient (Wildman–Crippen LogP) is 2.51. The molecule has 0 aliphatic rings. The van der Waals surface area contributed by atoms with Gasteiger partial charge >= 0.3 is 0 Å². The zero-order valence-electron chi connectivity index (χ0n) is 6.38. The molecule has 1 radical (unpaired) electrons. The van der Waals surface area contributed by atoms with Gasteiger partial charge < -0.3 is 14.4 Å². The van der Waals surface area contributed by atoms with Crippen LogP contribution in [0.1, 0.15) is 5.56 Å². The Morgan fingerprint density at radius 2 is 1.60 bits per heavy atom. The standard InChI is InChI=1S/C8H9.CH3.Y/c1-2-8-6-4-3-5-7-8;;/h3-7H,1-2H2;1H3;/q2*-1;. The molecule has 0 atom stereocenters. The molecule has 1 aromatic carbocycles. The van der Waals surface area contributed by atoms with E-state index in [9.17, 15) is 0 Å². The van der Waals surface area contributed by atoms with Gasteiger partial charge in [0.25, 0.3) is 0 Å². The Morgan fingerprint density at radius 1 is 1.10 bits per heavy atom. The molecule has 1 heteroatoms. The maximum atomic E-state index is 3.76. The Hall–Kier alpha value is 0.324. The molecule has 0 bridgehead atoms. The Morgan fingerprint density at radius 3 is 1.90 bits per heavy atom. The summed E-state index contributed by atoms with van der Waals surface area (Å²) in [5.41, 5.74) is 1.30. The van der Waals surface area contributed by atoms with Crippen LogP contribution in [0.15, 0.2) is 30.3 Å². The van der Waals surface area contributed by atoms with E-state index in [0.717, 1.165) is 6.42 Å². The fourth-order valence-corrected chi connectivity index (χ4v) is 0.645. The third-order valence-electron chi connectivity index (χ3n) is 1.13. The summed E-state index contributed by atoms with van der Waals surface area (Å²) in [7, 11) is 0. The topological polar surface area (TPSA) is 0 Å². The minimum absolute atomic E-state index is 0. The van der Waals surface area contributed by atoms with Gasteiger partial charge in [0.15, 0.2) is 0 Å². The van der Waals surface area contributed by atoms with Crippen molar-refractivity contribution in [3.63, 3.8) is 0 Å². The molecule has 0 fully saturated rings. The molecule has 0 heterocycles. The summed E-state index contributed by atoms with van der Waals surface area (Å²) in [6.07, 6.45) is 0.890. The number of hydrogen-bond donors (Lipinski definition) is 0. The molecule has 1 aromatic rings. The number of benzene rings is 1. The smallest absolute Gasteiger partial charge is 0 e. The second kappa shape index (κ2) is 7.43. The van der Waals surface area contributed by atoms with Crippen LogP contribution in [-0.2, 0) is 39.1 Å². The average Bonchev–Trinajstić information content (AvgIpc) is 1.90. The number of rotatable bonds is 1. The fourth-order valence-electron chi connectivity index (χ4n) is 0.645. The van der Waals surface area contributed by atoms with Crippen molar-refractivity contribution >= 4 is 0 Å². The summed E-state index contributed by atoms with van der Waals surface area (Å²) < 4.78 is 0. The van der Waals surface area contributed by atoms with E-state index >= 15 is 0 Å². The van der Waals surface area contributed by atoms with Crippen LogP contribution in [-0.4, -0.2) is 0 Å². The molecule has 0 unspecified atom stereocenters. The summed E-state index contributed by atoms with van der Waals surface area (Å²) in [6, 6.07) is 10.2. The maximum Gasteiger partial charge on any atom is 0 e. The minimum atomic E-state index is 0. The molecule has 0 saturated carbocycles. The van der Waals surface area contributed by atoms with Crippen LogP contribution in [0.25, 0.3) is 0 Å². The van der Waals surface area contributed by atoms with Gasteiger partial charge in [0.05, 0.1) is 0 Å². The van der Waals surface area contributed by atoms with Gasteiger partial charge in [-0.2, -0.15) is 6.42 Å². The molecule has 0 nitrogen and oxygen atoms in total. The van der Waals surface area contributed by atoms with E-state index in [1.54, 1.807) is 0 Å². The van der Waals surface area contributed by atoms with Crippen molar-refractivity contribution in [1.82, 2.24) is 0 Å². The normalized spacial score (nSPS) is 7.30. The van der Waals surface area contributed by atoms with Crippen LogP contribution in [0.3, 0.4) is 0 Å². The van der Waals surface area contributed by atoms with Crippen LogP contribution in [0, 0.1) is 14.4 Å². The fraction of sp³-hybridized carbons (Fsp3) is 0.111. The predicted molar refractivity (Wildman–Crippen MR) is 41.9 cm³/mol. The van der Waals surface area contributed by atoms with Gasteiger partial charge in [0, 0.05) is 32.7 Å². The van der Waals surface area contributed by atoms with Gasteiger partial charge in [-0.05, 0) is 0 Å². The van der Waals surface area contributed by atoms with Gasteiger partial charge in [-0.15, -0.1) is 0 Å². The molecule has 0 aliphatic carbocycles. The zero-order valence-corrected chi connectivity index (χ0v) is 9.22. The molecular formula is C9H12Y-2. The first-order chi connectivity index (χ1) is 3.93. The zero-order chi connectivity index (χ0) is 5.82. The Labute approximate surface area is 88.9 Å². The molecule has 0 spiro atoms. The Balaban J connectivity index is 0. The summed E-state index contributed by atoms with van der Waals surface area (Å²) in [6.45, 7) is 3.76. The van der Waals surface area contributed by atoms with Gasteiger partial charge in [0.1, 0.15) is 0 Å². The summed E-state index contributed by atoms with van der Waals surface area (Å²) in [5.74, 6) is 0. The molecule has 0 aromatic heterocycles. The number of hydrogen-bond acceptors (Lipinski definition) is 0. The summed E-state index contributed by atoms with van der Waals surface area (Å²) in [4.78, 5) is 0. The van der Waals surface area contributed by atoms with Gasteiger partial charge in [-0.3, -0.25) is 0 Å². The van der Waals surface area contributed by atoms with E-state index < -0.39 is 0 Å². The van der Waals surface area contributed by atoms with E-state index in [-0.39, 0.29) is 40.1 Å². The Kier molecular flexibility index (Phi) is 9.63. The minimum Gasteiger partial charge on any atom is -0.358 e. The van der Waals surface area contributed by atoms with E-state index in [0.29, 0.717) is 0 Å². The first-order valence-electron chi connectivity index (χ1n) is 2.76. The summed E-state index contributed by atoms with van der Waals surface area (Å²) in [5, 5.41) is 0. The van der Waals surface area contributed by atoms with Gasteiger partial charge in [-0.25, -0.2) is 0 Å². The van der Waals surface area contributed by atoms with Gasteiger partial charge in [0.2, 0.25) is 0 Å². The van der Waals surface area contributed by atoms with Crippen molar-refractivity contribution in [2.75, 3.05) is 0 Å². The van der Waals surface area contributed by atoms with Crippen molar-refractivity contribution in [3.05, 3.63) is 50.2 Å². The van der Waals surface area contributed by atoms with Crippen LogP contribution in [0.2, 0.25) is 0 Å². The first-order valence-corrected chi connectivity index (χ1v) is 2.76. The van der Waals surface area contributed by atoms with Crippen molar-refractivity contribution in [2.24, 2.45) is 0 Å². The van der Waals surface area contributed by atoms with Crippen LogP contribution < -0.4 is 0 Å². The molecule has 0 saturated heterocycles. The molecule has 0 N–H and O–H groups in total. The first kappa shape index (κ1) is 13.0. The second-order valence-corrected chi connectivity index (χ2v) is 1.74. The van der Waals surface area contributed by atoms with E-state index in [1.807, 2.05) is 18.2 Å². The van der Waals surface area contributed by atoms with Crippen molar-refractivity contribution in [1.29, 1.82) is 0 Å². The van der Waals surface area contributed by atoms with Crippen LogP contribution in [0.4, 0.5) is 0 Å². The molecule has 1 rings (SSSR count). The van der Waals surface area contributed by atoms with Crippen molar-refractivity contribution in [2.45, 2.75) is 6.42 Å². The SMILES string of the molecule is [CH2-]Cc1ccccc1.[CH3-].[Y]. The maximum absolute atomic E-state index is 3.76. The average molecular weight is 209 g/mol. The molecule has 0 amide bonds. The largest absolute Gasteiger partial charge is 0.358 e. The van der Waals surface area contributed by atoms with Crippen LogP contribution in [0.5, 0.6) is 0 Å². The second-order valence-electron chi connectivity index (χ2n) is 1.74. The molecule has 53 valence electrons. The van der Waals surface area contributed by atoms with E-state index in [1.165, 1.54) is 5.56 Å². The van der Waals surface area contributed by atoms with Crippen molar-refractivity contribution in [3.8, 4) is 0 Å². The third kappa shape index (κ3) is 4.19. The Bertz CT molecular complexity index is 146. The molecule has 10 heavy (non-hydrogen) atoms. The van der Waals surface area contributed by atoms with E-state index in [4.69, 9.17) is 0 Å². The van der Waals surface area contributed by atoms with Gasteiger partial charge in [-0.1, -0.05) is 35.9 Å². The van der Waals surface area contributed by atoms with Crippen LogP contribution >= 0.6 is 0 Å². The van der Waals surface area contributed by atoms with Crippen molar-refractivity contribution < 1.29 is 32.7 Å². The molecular weight excluding hydrogens is 197 g/mol. The monoisotopic (exact) mass is 209 g/mol. The van der Waals surface area contributed by atoms with E-state index in [2.05, 4.69) is 19.1 Å². The molecule has 0 aliphatic heterocycles. The quantitative estimate of drug-likeness (QED) is 0.623.